The topological polar surface area (TPSA) is 167 Å². The Hall–Kier alpha value is 0.0197. The Labute approximate surface area is 169 Å². The minimum atomic E-state index is -3.87. The molecule has 10 nitrogen and oxygen atoms in total. The van der Waals surface area contributed by atoms with Crippen molar-refractivity contribution in [3.8, 4) is 0 Å². The van der Waals surface area contributed by atoms with Crippen LogP contribution in [-0.2, 0) is 29.8 Å². The average Bonchev–Trinajstić information content (AvgIpc) is 2.28. The molecule has 4 N–H and O–H groups in total. The van der Waals surface area contributed by atoms with Gasteiger partial charge in [0, 0.05) is 26.9 Å². The van der Waals surface area contributed by atoms with Crippen LogP contribution >= 0.6 is 0 Å². The molecule has 136 valence electrons. The SMILES string of the molecule is CC(=O)NCCCS(=O)(=O)O.CC(=O)NCCCS(=O)(=O)O.[Ca+2].[H-].[H-]. The smallest absolute Gasteiger partial charge is 1.00 e. The Kier molecular flexibility index (Phi) is 17.4. The zero-order chi connectivity index (χ0) is 17.8. The molecule has 0 atom stereocenters. The summed E-state index contributed by atoms with van der Waals surface area (Å²) in [6, 6.07) is 0. The van der Waals surface area contributed by atoms with Gasteiger partial charge in [0.1, 0.15) is 0 Å². The first-order valence-electron chi connectivity index (χ1n) is 6.22. The van der Waals surface area contributed by atoms with Crippen molar-refractivity contribution in [2.75, 3.05) is 24.6 Å². The molecule has 0 rings (SSSR count). The standard InChI is InChI=1S/2C5H11NO4S.Ca.2H/c2*1-5(7)6-3-2-4-11(8,9)10;;;/h2*2-4H2,1H3,(H,6,7)(H,8,9,10);;;/q;;+2;2*-1. The first kappa shape index (κ1) is 27.8. The Balaban J connectivity index is -0.0000000952. The van der Waals surface area contributed by atoms with Crippen LogP contribution in [0, 0.1) is 0 Å². The molecule has 0 saturated heterocycles. The molecule has 0 unspecified atom stereocenters. The molecule has 0 aliphatic carbocycles. The van der Waals surface area contributed by atoms with Crippen molar-refractivity contribution in [3.05, 3.63) is 0 Å². The van der Waals surface area contributed by atoms with Crippen LogP contribution in [0.1, 0.15) is 29.5 Å². The second-order valence-corrected chi connectivity index (χ2v) is 7.39. The fourth-order valence-corrected chi connectivity index (χ4v) is 2.06. The van der Waals surface area contributed by atoms with Crippen LogP contribution in [0.15, 0.2) is 0 Å². The molecule has 0 aromatic heterocycles. The van der Waals surface area contributed by atoms with Gasteiger partial charge in [-0.3, -0.25) is 18.7 Å². The summed E-state index contributed by atoms with van der Waals surface area (Å²) in [5, 5.41) is 4.81. The first-order chi connectivity index (χ1) is 9.83. The molecule has 0 aromatic carbocycles. The summed E-state index contributed by atoms with van der Waals surface area (Å²) in [5.41, 5.74) is 0. The summed E-state index contributed by atoms with van der Waals surface area (Å²) in [5.74, 6) is -1.04. The Morgan fingerprint density at radius 3 is 1.26 bits per heavy atom. The van der Waals surface area contributed by atoms with Gasteiger partial charge in [-0.05, 0) is 12.8 Å². The molecule has 0 aromatic rings. The van der Waals surface area contributed by atoms with E-state index in [1.165, 1.54) is 13.8 Å². The zero-order valence-corrected chi connectivity index (χ0v) is 17.0. The van der Waals surface area contributed by atoms with E-state index in [1.54, 1.807) is 0 Å². The van der Waals surface area contributed by atoms with Crippen LogP contribution in [0.2, 0.25) is 0 Å². The van der Waals surface area contributed by atoms with E-state index in [4.69, 9.17) is 9.11 Å². The monoisotopic (exact) mass is 404 g/mol. The Morgan fingerprint density at radius 2 is 1.09 bits per heavy atom. The van der Waals surface area contributed by atoms with Gasteiger partial charge < -0.3 is 13.5 Å². The van der Waals surface area contributed by atoms with E-state index in [0.717, 1.165) is 0 Å². The number of carbonyl (C=O) groups is 2. The normalized spacial score (nSPS) is 10.6. The summed E-state index contributed by atoms with van der Waals surface area (Å²) >= 11 is 0. The molecular weight excluding hydrogens is 380 g/mol. The maximum Gasteiger partial charge on any atom is 2.00 e. The number of amides is 2. The third kappa shape index (κ3) is 34.4. The molecule has 2 amide bonds. The van der Waals surface area contributed by atoms with Crippen molar-refractivity contribution in [1.29, 1.82) is 0 Å². The quantitative estimate of drug-likeness (QED) is 0.219. The molecule has 0 fully saturated rings. The third-order valence-corrected chi connectivity index (χ3v) is 3.52. The Morgan fingerprint density at radius 1 is 0.826 bits per heavy atom. The molecule has 23 heavy (non-hydrogen) atoms. The van der Waals surface area contributed by atoms with Gasteiger partial charge >= 0.3 is 37.7 Å². The molecule has 0 radical (unpaired) electrons. The fourth-order valence-electron chi connectivity index (χ4n) is 1.04. The van der Waals surface area contributed by atoms with Crippen LogP contribution in [0.3, 0.4) is 0 Å². The van der Waals surface area contributed by atoms with Gasteiger partial charge in [0.05, 0.1) is 11.5 Å². The van der Waals surface area contributed by atoms with E-state index in [2.05, 4.69) is 10.6 Å². The van der Waals surface area contributed by atoms with Gasteiger partial charge in [0.25, 0.3) is 20.2 Å². The van der Waals surface area contributed by atoms with Crippen molar-refractivity contribution < 1.29 is 38.4 Å². The number of hydrogen-bond donors (Lipinski definition) is 4. The van der Waals surface area contributed by atoms with Crippen LogP contribution in [0.5, 0.6) is 0 Å². The van der Waals surface area contributed by atoms with E-state index in [0.29, 0.717) is 0 Å². The molecule has 0 bridgehead atoms. The van der Waals surface area contributed by atoms with Crippen LogP contribution in [0.25, 0.3) is 0 Å². The van der Waals surface area contributed by atoms with Crippen molar-refractivity contribution in [2.45, 2.75) is 26.7 Å². The molecule has 0 aliphatic heterocycles. The van der Waals surface area contributed by atoms with Gasteiger partial charge in [-0.1, -0.05) is 0 Å². The Bertz CT molecular complexity index is 507. The van der Waals surface area contributed by atoms with E-state index in [-0.39, 0.29) is 89.8 Å². The van der Waals surface area contributed by atoms with E-state index in [9.17, 15) is 26.4 Å². The molecule has 0 aliphatic rings. The zero-order valence-electron chi connectivity index (χ0n) is 15.1. The van der Waals surface area contributed by atoms with Gasteiger partial charge in [0.15, 0.2) is 0 Å². The van der Waals surface area contributed by atoms with Gasteiger partial charge in [-0.25, -0.2) is 0 Å². The van der Waals surface area contributed by atoms with Gasteiger partial charge in [-0.15, -0.1) is 0 Å². The van der Waals surface area contributed by atoms with Crippen LogP contribution in [0.4, 0.5) is 0 Å². The largest absolute Gasteiger partial charge is 2.00 e. The molecule has 13 heteroatoms. The predicted molar refractivity (Wildman–Crippen MR) is 87.4 cm³/mol. The minimum Gasteiger partial charge on any atom is -1.00 e. The summed E-state index contributed by atoms with van der Waals surface area (Å²) in [7, 11) is -7.75. The summed E-state index contributed by atoms with van der Waals surface area (Å²) in [6.07, 6.45) is 0.469. The number of rotatable bonds is 8. The van der Waals surface area contributed by atoms with Crippen LogP contribution < -0.4 is 10.6 Å². The molecule has 0 heterocycles. The number of carbonyl (C=O) groups excluding carboxylic acids is 2. The molecular formula is C10H24CaN2O8S2. The van der Waals surface area contributed by atoms with Crippen molar-refractivity contribution in [3.63, 3.8) is 0 Å². The van der Waals surface area contributed by atoms with Crippen molar-refractivity contribution in [2.24, 2.45) is 0 Å². The molecule has 0 spiro atoms. The summed E-state index contributed by atoms with van der Waals surface area (Å²) in [6.45, 7) is 3.23. The molecule has 0 saturated carbocycles. The summed E-state index contributed by atoms with van der Waals surface area (Å²) < 4.78 is 57.0. The van der Waals surface area contributed by atoms with Gasteiger partial charge in [-0.2, -0.15) is 16.8 Å². The number of nitrogens with one attached hydrogen (secondary N) is 2. The van der Waals surface area contributed by atoms with Crippen LogP contribution in [-0.4, -0.2) is 100 Å². The van der Waals surface area contributed by atoms with E-state index < -0.39 is 20.2 Å². The second kappa shape index (κ2) is 14.4. The van der Waals surface area contributed by atoms with Gasteiger partial charge in [0.2, 0.25) is 11.8 Å². The number of hydrogen-bond acceptors (Lipinski definition) is 6. The first-order valence-corrected chi connectivity index (χ1v) is 9.44. The maximum absolute atomic E-state index is 10.2. The predicted octanol–water partition coefficient (Wildman–Crippen LogP) is -1.35. The van der Waals surface area contributed by atoms with E-state index in [1.807, 2.05) is 0 Å². The minimum absolute atomic E-state index is 0. The average molecular weight is 405 g/mol. The van der Waals surface area contributed by atoms with Crippen molar-refractivity contribution in [1.82, 2.24) is 10.6 Å². The van der Waals surface area contributed by atoms with E-state index >= 15 is 0 Å². The maximum atomic E-state index is 10.2. The summed E-state index contributed by atoms with van der Waals surface area (Å²) in [4.78, 5) is 20.5. The van der Waals surface area contributed by atoms with Crippen molar-refractivity contribution >= 4 is 69.8 Å². The third-order valence-electron chi connectivity index (χ3n) is 1.91. The fraction of sp³-hybridized carbons (Fsp3) is 0.800. The second-order valence-electron chi connectivity index (χ2n) is 4.25.